The lowest BCUT2D eigenvalue weighted by molar-refractivity contribution is 0.0487. The molecule has 1 heterocycles. The van der Waals surface area contributed by atoms with E-state index < -0.39 is 18.0 Å². The fraction of sp³-hybridized carbons (Fsp3) is 0.130. The number of rotatable bonds is 5. The summed E-state index contributed by atoms with van der Waals surface area (Å²) >= 11 is 8.89. The Morgan fingerprint density at radius 2 is 1.97 bits per heavy atom. The quantitative estimate of drug-likeness (QED) is 0.294. The Balaban J connectivity index is 1.79. The van der Waals surface area contributed by atoms with Gasteiger partial charge in [-0.15, -0.1) is 0 Å². The van der Waals surface area contributed by atoms with Crippen molar-refractivity contribution in [2.75, 3.05) is 11.9 Å². The molecule has 1 aliphatic heterocycles. The van der Waals surface area contributed by atoms with E-state index in [1.165, 1.54) is 5.01 Å². The third kappa shape index (κ3) is 4.82. The molecule has 10 heteroatoms. The lowest BCUT2D eigenvalue weighted by atomic mass is 10.0. The number of hydrazine groups is 1. The third-order valence-electron chi connectivity index (χ3n) is 4.99. The van der Waals surface area contributed by atoms with Gasteiger partial charge in [-0.05, 0) is 87.9 Å². The summed E-state index contributed by atoms with van der Waals surface area (Å²) in [6.07, 6.45) is -0.873. The second kappa shape index (κ2) is 9.90. The van der Waals surface area contributed by atoms with E-state index in [1.54, 1.807) is 48.5 Å². The van der Waals surface area contributed by atoms with Gasteiger partial charge in [0, 0.05) is 19.3 Å². The maximum atomic E-state index is 13.5. The summed E-state index contributed by atoms with van der Waals surface area (Å²) in [5, 5.41) is 15.2. The van der Waals surface area contributed by atoms with E-state index in [-0.39, 0.29) is 5.75 Å². The molecule has 0 fully saturated rings. The Labute approximate surface area is 220 Å². The monoisotopic (exact) mass is 685 g/mol. The minimum Gasteiger partial charge on any atom is -0.506 e. The molecule has 0 aromatic heterocycles. The van der Waals surface area contributed by atoms with Crippen LogP contribution in [0.5, 0.6) is 11.5 Å². The van der Waals surface area contributed by atoms with Crippen LogP contribution in [-0.2, 0) is 0 Å². The zero-order valence-corrected chi connectivity index (χ0v) is 22.6. The van der Waals surface area contributed by atoms with E-state index in [2.05, 4.69) is 65.2 Å². The molecule has 0 spiro atoms. The first-order valence-corrected chi connectivity index (χ1v) is 12.6. The number of phenols is 1. The number of ether oxygens (including phenoxy) is 1. The summed E-state index contributed by atoms with van der Waals surface area (Å²) < 4.78 is 7.59. The molecule has 7 nitrogen and oxygen atoms in total. The summed E-state index contributed by atoms with van der Waals surface area (Å²) in [6, 6.07) is 15.6. The Hall–Kier alpha value is -2.31. The molecule has 0 aliphatic carbocycles. The summed E-state index contributed by atoms with van der Waals surface area (Å²) in [5.41, 5.74) is 4.41. The van der Waals surface area contributed by atoms with E-state index in [9.17, 15) is 14.7 Å². The number of phenolic OH excluding ortho intramolecular Hbond substituents is 1. The minimum atomic E-state index is -0.873. The predicted molar refractivity (Wildman–Crippen MR) is 140 cm³/mol. The van der Waals surface area contributed by atoms with Crippen LogP contribution in [0.4, 0.5) is 5.69 Å². The van der Waals surface area contributed by atoms with Gasteiger partial charge in [0.2, 0.25) is 0 Å². The second-order valence-corrected chi connectivity index (χ2v) is 10.1. The highest BCUT2D eigenvalue weighted by atomic mass is 127. The molecule has 170 valence electrons. The van der Waals surface area contributed by atoms with Gasteiger partial charge in [0.25, 0.3) is 11.8 Å². The molecule has 33 heavy (non-hydrogen) atoms. The molecule has 1 atom stereocenters. The van der Waals surface area contributed by atoms with Gasteiger partial charge in [-0.3, -0.25) is 15.0 Å². The zero-order chi connectivity index (χ0) is 23.7. The van der Waals surface area contributed by atoms with Crippen molar-refractivity contribution in [2.45, 2.75) is 13.1 Å². The molecule has 0 radical (unpaired) electrons. The highest BCUT2D eigenvalue weighted by molar-refractivity contribution is 14.1. The number of carbonyl (C=O) groups excluding carboxylic acids is 2. The van der Waals surface area contributed by atoms with Crippen LogP contribution in [0.3, 0.4) is 0 Å². The lowest BCUT2D eigenvalue weighted by Gasteiger charge is -2.38. The van der Waals surface area contributed by atoms with Crippen molar-refractivity contribution >= 4 is 72.0 Å². The molecule has 3 aromatic carbocycles. The molecule has 4 rings (SSSR count). The molecule has 2 amide bonds. The van der Waals surface area contributed by atoms with Crippen molar-refractivity contribution in [1.29, 1.82) is 0 Å². The normalized spacial score (nSPS) is 15.0. The van der Waals surface area contributed by atoms with E-state index in [0.29, 0.717) is 43.7 Å². The van der Waals surface area contributed by atoms with Crippen LogP contribution < -0.4 is 15.5 Å². The minimum absolute atomic E-state index is 0.0496. The van der Waals surface area contributed by atoms with Gasteiger partial charge < -0.3 is 15.2 Å². The topological polar surface area (TPSA) is 90.9 Å². The number of hydrogen-bond acceptors (Lipinski definition) is 5. The van der Waals surface area contributed by atoms with Crippen LogP contribution in [0.1, 0.15) is 39.4 Å². The number of para-hydroxylation sites is 1. The van der Waals surface area contributed by atoms with Crippen molar-refractivity contribution in [1.82, 2.24) is 10.4 Å². The number of aromatic hydroxyl groups is 1. The Morgan fingerprint density at radius 1 is 1.21 bits per heavy atom. The standard InChI is InChI=1S/C23H18Br2IN3O4/c1-2-33-19-6-4-3-5-14(19)22(31)28-29-21(16-9-12(24)10-17(25)20(16)30)27-18-8-7-13(26)11-15(18)23(29)32/h3-11,21,27,30H,2H2,1H3,(H,28,31). The highest BCUT2D eigenvalue weighted by Gasteiger charge is 2.37. The Morgan fingerprint density at radius 3 is 2.73 bits per heavy atom. The molecule has 3 N–H and O–H groups in total. The number of carbonyl (C=O) groups is 2. The number of nitrogens with one attached hydrogen (secondary N) is 2. The molecule has 1 aliphatic rings. The van der Waals surface area contributed by atoms with Gasteiger partial charge in [0.05, 0.1) is 22.2 Å². The first-order chi connectivity index (χ1) is 15.8. The van der Waals surface area contributed by atoms with E-state index >= 15 is 0 Å². The van der Waals surface area contributed by atoms with Gasteiger partial charge in [0.15, 0.2) is 6.17 Å². The molecule has 3 aromatic rings. The van der Waals surface area contributed by atoms with Crippen LogP contribution >= 0.6 is 54.5 Å². The number of halogens is 3. The van der Waals surface area contributed by atoms with Crippen LogP contribution in [0, 0.1) is 3.57 Å². The number of fused-ring (bicyclic) bond motifs is 1. The van der Waals surface area contributed by atoms with Crippen molar-refractivity contribution < 1.29 is 19.4 Å². The van der Waals surface area contributed by atoms with Crippen LogP contribution in [0.25, 0.3) is 0 Å². The summed E-state index contributed by atoms with van der Waals surface area (Å²) in [7, 11) is 0. The Kier molecular flexibility index (Phi) is 7.15. The first kappa shape index (κ1) is 23.8. The van der Waals surface area contributed by atoms with Gasteiger partial charge in [-0.25, -0.2) is 5.01 Å². The van der Waals surface area contributed by atoms with Crippen molar-refractivity contribution in [3.8, 4) is 11.5 Å². The van der Waals surface area contributed by atoms with Crippen LogP contribution in [-0.4, -0.2) is 28.5 Å². The van der Waals surface area contributed by atoms with E-state index in [1.807, 2.05) is 13.0 Å². The van der Waals surface area contributed by atoms with E-state index in [4.69, 9.17) is 4.74 Å². The van der Waals surface area contributed by atoms with Gasteiger partial charge >= 0.3 is 0 Å². The highest BCUT2D eigenvalue weighted by Crippen LogP contribution is 2.40. The van der Waals surface area contributed by atoms with Gasteiger partial charge in [-0.2, -0.15) is 0 Å². The maximum absolute atomic E-state index is 13.5. The third-order valence-corrected chi connectivity index (χ3v) is 6.72. The SMILES string of the molecule is CCOc1ccccc1C(=O)NN1C(=O)c2cc(I)ccc2NC1c1cc(Br)cc(Br)c1O. The summed E-state index contributed by atoms with van der Waals surface area (Å²) in [4.78, 5) is 26.8. The zero-order valence-electron chi connectivity index (χ0n) is 17.2. The number of amides is 2. The largest absolute Gasteiger partial charge is 0.506 e. The van der Waals surface area contributed by atoms with Crippen molar-refractivity contribution in [2.24, 2.45) is 0 Å². The van der Waals surface area contributed by atoms with Gasteiger partial charge in [0.1, 0.15) is 11.5 Å². The molecule has 0 saturated carbocycles. The fourth-order valence-electron chi connectivity index (χ4n) is 3.51. The number of hydrogen-bond donors (Lipinski definition) is 3. The fourth-order valence-corrected chi connectivity index (χ4v) is 5.26. The number of anilines is 1. The smallest absolute Gasteiger partial charge is 0.276 e. The number of benzene rings is 3. The molecule has 0 saturated heterocycles. The lowest BCUT2D eigenvalue weighted by Crippen LogP contribution is -2.53. The first-order valence-electron chi connectivity index (χ1n) is 9.90. The summed E-state index contributed by atoms with van der Waals surface area (Å²) in [6.45, 7) is 2.22. The summed E-state index contributed by atoms with van der Waals surface area (Å²) in [5.74, 6) is -0.562. The maximum Gasteiger partial charge on any atom is 0.276 e. The van der Waals surface area contributed by atoms with Crippen LogP contribution in [0.2, 0.25) is 0 Å². The van der Waals surface area contributed by atoms with Crippen molar-refractivity contribution in [3.05, 3.63) is 83.8 Å². The predicted octanol–water partition coefficient (Wildman–Crippen LogP) is 5.83. The molecule has 0 bridgehead atoms. The van der Waals surface area contributed by atoms with Gasteiger partial charge in [-0.1, -0.05) is 28.1 Å². The molecular weight excluding hydrogens is 669 g/mol. The molecule has 1 unspecified atom stereocenters. The average molecular weight is 687 g/mol. The average Bonchev–Trinajstić information content (AvgIpc) is 2.79. The van der Waals surface area contributed by atoms with E-state index in [0.717, 1.165) is 3.57 Å². The Bertz CT molecular complexity index is 1250. The number of nitrogens with zero attached hydrogens (tertiary/aromatic N) is 1. The van der Waals surface area contributed by atoms with Crippen molar-refractivity contribution in [3.63, 3.8) is 0 Å². The van der Waals surface area contributed by atoms with Crippen LogP contribution in [0.15, 0.2) is 63.5 Å². The second-order valence-electron chi connectivity index (χ2n) is 7.11. The molecular formula is C23H18Br2IN3O4.